The fourth-order valence-corrected chi connectivity index (χ4v) is 2.95. The van der Waals surface area contributed by atoms with Crippen LogP contribution in [0, 0.1) is 0 Å². The Labute approximate surface area is 147 Å². The molecule has 25 heavy (non-hydrogen) atoms. The van der Waals surface area contributed by atoms with Gasteiger partial charge < -0.3 is 19.7 Å². The number of rotatable bonds is 7. The molecule has 0 saturated heterocycles. The summed E-state index contributed by atoms with van der Waals surface area (Å²) in [5.74, 6) is -0.300. The predicted molar refractivity (Wildman–Crippen MR) is 92.1 cm³/mol. The van der Waals surface area contributed by atoms with Gasteiger partial charge >= 0.3 is 6.09 Å². The van der Waals surface area contributed by atoms with Gasteiger partial charge in [-0.2, -0.15) is 0 Å². The summed E-state index contributed by atoms with van der Waals surface area (Å²) in [6, 6.07) is 4.31. The molecule has 0 unspecified atom stereocenters. The molecular weight excluding hydrogens is 350 g/mol. The number of anilines is 1. The molecule has 2 amide bonds. The van der Waals surface area contributed by atoms with Gasteiger partial charge in [-0.25, -0.2) is 17.5 Å². The molecule has 0 saturated carbocycles. The molecule has 0 aliphatic rings. The molecule has 9 nitrogen and oxygen atoms in total. The number of nitrogens with one attached hydrogen (secondary N) is 1. The number of carbonyl (C=O) groups is 2. The molecule has 0 radical (unpaired) electrons. The van der Waals surface area contributed by atoms with Gasteiger partial charge in [0.25, 0.3) is 0 Å². The first-order chi connectivity index (χ1) is 11.6. The Kier molecular flexibility index (Phi) is 7.19. The molecule has 1 rings (SSSR count). The lowest BCUT2D eigenvalue weighted by Gasteiger charge is -2.18. The summed E-state index contributed by atoms with van der Waals surface area (Å²) in [5.41, 5.74) is 0.271. The Bertz CT molecular complexity index is 733. The Morgan fingerprint density at radius 1 is 1.20 bits per heavy atom. The Morgan fingerprint density at radius 3 is 2.36 bits per heavy atom. The predicted octanol–water partition coefficient (Wildman–Crippen LogP) is 0.972. The van der Waals surface area contributed by atoms with Crippen molar-refractivity contribution in [1.29, 1.82) is 0 Å². The average Bonchev–Trinajstić information content (AvgIpc) is 2.55. The molecule has 0 heterocycles. The smallest absolute Gasteiger partial charge is 0.409 e. The molecular formula is C15H23N3O6S. The highest BCUT2D eigenvalue weighted by atomic mass is 32.2. The number of benzene rings is 1. The van der Waals surface area contributed by atoms with E-state index in [2.05, 4.69) is 10.1 Å². The molecule has 140 valence electrons. The summed E-state index contributed by atoms with van der Waals surface area (Å²) in [4.78, 5) is 24.3. The number of likely N-dealkylation sites (N-methyl/N-ethyl adjacent to an activating group) is 1. The van der Waals surface area contributed by atoms with Crippen LogP contribution in [0.5, 0.6) is 5.75 Å². The lowest BCUT2D eigenvalue weighted by molar-refractivity contribution is -0.116. The van der Waals surface area contributed by atoms with Gasteiger partial charge in [0.2, 0.25) is 15.9 Å². The molecule has 1 aromatic carbocycles. The number of methoxy groups -OCH3 is 1. The van der Waals surface area contributed by atoms with Crippen LogP contribution in [-0.4, -0.2) is 71.0 Å². The normalized spacial score (nSPS) is 11.1. The fourth-order valence-electron chi connectivity index (χ4n) is 1.90. The third-order valence-electron chi connectivity index (χ3n) is 3.15. The van der Waals surface area contributed by atoms with Crippen molar-refractivity contribution >= 4 is 27.7 Å². The summed E-state index contributed by atoms with van der Waals surface area (Å²) in [6.07, 6.45) is -0.655. The zero-order valence-electron chi connectivity index (χ0n) is 14.9. The largest absolute Gasteiger partial charge is 0.492 e. The molecule has 0 aromatic heterocycles. The monoisotopic (exact) mass is 373 g/mol. The summed E-state index contributed by atoms with van der Waals surface area (Å²) in [7, 11) is 1.67. The first-order valence-corrected chi connectivity index (χ1v) is 8.85. The van der Waals surface area contributed by atoms with Crippen molar-refractivity contribution in [2.24, 2.45) is 0 Å². The maximum absolute atomic E-state index is 12.4. The van der Waals surface area contributed by atoms with Crippen LogP contribution in [0.4, 0.5) is 10.5 Å². The second-order valence-electron chi connectivity index (χ2n) is 5.26. The SMILES string of the molecule is CCOc1ccc(NC(=O)CN(C)C(=O)OC)cc1S(=O)(=O)N(C)C. The lowest BCUT2D eigenvalue weighted by Crippen LogP contribution is -2.34. The Morgan fingerprint density at radius 2 is 1.84 bits per heavy atom. The van der Waals surface area contributed by atoms with E-state index >= 15 is 0 Å². The maximum atomic E-state index is 12.4. The van der Waals surface area contributed by atoms with Gasteiger partial charge in [0.05, 0.1) is 13.7 Å². The molecule has 0 fully saturated rings. The number of sulfonamides is 1. The number of ether oxygens (including phenoxy) is 2. The van der Waals surface area contributed by atoms with Crippen LogP contribution in [0.15, 0.2) is 23.1 Å². The van der Waals surface area contributed by atoms with Crippen LogP contribution in [0.25, 0.3) is 0 Å². The number of carbonyl (C=O) groups excluding carboxylic acids is 2. The number of hydrogen-bond acceptors (Lipinski definition) is 6. The standard InChI is InChI=1S/C15H23N3O6S/c1-6-24-12-8-7-11(9-13(12)25(21,22)17(2)3)16-14(19)10-18(4)15(20)23-5/h7-9H,6,10H2,1-5H3,(H,16,19). The molecule has 1 N–H and O–H groups in total. The first-order valence-electron chi connectivity index (χ1n) is 7.41. The van der Waals surface area contributed by atoms with Crippen molar-refractivity contribution in [3.05, 3.63) is 18.2 Å². The molecule has 0 aliphatic heterocycles. The average molecular weight is 373 g/mol. The van der Waals surface area contributed by atoms with Crippen molar-refractivity contribution in [2.45, 2.75) is 11.8 Å². The van der Waals surface area contributed by atoms with Crippen molar-refractivity contribution < 1.29 is 27.5 Å². The highest BCUT2D eigenvalue weighted by molar-refractivity contribution is 7.89. The van der Waals surface area contributed by atoms with Gasteiger partial charge in [0.15, 0.2) is 0 Å². The molecule has 0 atom stereocenters. The van der Waals surface area contributed by atoms with E-state index in [-0.39, 0.29) is 22.9 Å². The first kappa shape index (κ1) is 20.7. The third-order valence-corrected chi connectivity index (χ3v) is 4.99. The van der Waals surface area contributed by atoms with E-state index in [0.29, 0.717) is 6.61 Å². The lowest BCUT2D eigenvalue weighted by atomic mass is 10.3. The van der Waals surface area contributed by atoms with Gasteiger partial charge in [-0.3, -0.25) is 4.79 Å². The van der Waals surface area contributed by atoms with Crippen LogP contribution < -0.4 is 10.1 Å². The summed E-state index contributed by atoms with van der Waals surface area (Å²) < 4.78 is 35.8. The van der Waals surface area contributed by atoms with Crippen LogP contribution in [-0.2, 0) is 19.6 Å². The topological polar surface area (TPSA) is 105 Å². The zero-order chi connectivity index (χ0) is 19.2. The van der Waals surface area contributed by atoms with E-state index in [9.17, 15) is 18.0 Å². The minimum absolute atomic E-state index is 0.0570. The quantitative estimate of drug-likeness (QED) is 0.764. The Balaban J connectivity index is 3.07. The van der Waals surface area contributed by atoms with Crippen molar-refractivity contribution in [1.82, 2.24) is 9.21 Å². The second-order valence-corrected chi connectivity index (χ2v) is 7.38. The minimum Gasteiger partial charge on any atom is -0.492 e. The molecule has 0 aliphatic carbocycles. The molecule has 0 bridgehead atoms. The maximum Gasteiger partial charge on any atom is 0.409 e. The summed E-state index contributed by atoms with van der Waals surface area (Å²) in [6.45, 7) is 1.80. The number of nitrogens with zero attached hydrogens (tertiary/aromatic N) is 2. The van der Waals surface area contributed by atoms with E-state index in [1.807, 2.05) is 0 Å². The van der Waals surface area contributed by atoms with E-state index in [4.69, 9.17) is 4.74 Å². The van der Waals surface area contributed by atoms with E-state index in [0.717, 1.165) is 9.21 Å². The van der Waals surface area contributed by atoms with Gasteiger partial charge in [-0.05, 0) is 25.1 Å². The highest BCUT2D eigenvalue weighted by Crippen LogP contribution is 2.29. The van der Waals surface area contributed by atoms with Gasteiger partial charge in [-0.1, -0.05) is 0 Å². The van der Waals surface area contributed by atoms with Gasteiger partial charge in [-0.15, -0.1) is 0 Å². The molecule has 1 aromatic rings. The van der Waals surface area contributed by atoms with Crippen molar-refractivity contribution in [3.8, 4) is 5.75 Å². The van der Waals surface area contributed by atoms with E-state index < -0.39 is 22.0 Å². The summed E-state index contributed by atoms with van der Waals surface area (Å²) in [5, 5.41) is 2.55. The van der Waals surface area contributed by atoms with Gasteiger partial charge in [0.1, 0.15) is 17.2 Å². The fraction of sp³-hybridized carbons (Fsp3) is 0.467. The van der Waals surface area contributed by atoms with E-state index in [1.54, 1.807) is 6.92 Å². The van der Waals surface area contributed by atoms with Crippen molar-refractivity contribution in [3.63, 3.8) is 0 Å². The molecule has 0 spiro atoms. The van der Waals surface area contributed by atoms with Crippen LogP contribution in [0.2, 0.25) is 0 Å². The highest BCUT2D eigenvalue weighted by Gasteiger charge is 2.23. The number of hydrogen-bond donors (Lipinski definition) is 1. The van der Waals surface area contributed by atoms with Gasteiger partial charge in [0, 0.05) is 26.8 Å². The molecule has 10 heteroatoms. The van der Waals surface area contributed by atoms with E-state index in [1.165, 1.54) is 46.5 Å². The zero-order valence-corrected chi connectivity index (χ0v) is 15.7. The van der Waals surface area contributed by atoms with Crippen molar-refractivity contribution in [2.75, 3.05) is 46.7 Å². The van der Waals surface area contributed by atoms with Crippen LogP contribution in [0.1, 0.15) is 6.92 Å². The minimum atomic E-state index is -3.76. The van der Waals surface area contributed by atoms with Crippen LogP contribution >= 0.6 is 0 Å². The third kappa shape index (κ3) is 5.33. The Hall–Kier alpha value is -2.33. The second kappa shape index (κ2) is 8.67. The van der Waals surface area contributed by atoms with Crippen LogP contribution in [0.3, 0.4) is 0 Å². The number of amides is 2. The summed E-state index contributed by atoms with van der Waals surface area (Å²) >= 11 is 0.